The van der Waals surface area contributed by atoms with Gasteiger partial charge in [0.05, 0.1) is 5.69 Å². The van der Waals surface area contributed by atoms with E-state index in [4.69, 9.17) is 0 Å². The number of fused-ring (bicyclic) bond motifs is 1. The first kappa shape index (κ1) is 17.6. The van der Waals surface area contributed by atoms with E-state index in [1.165, 1.54) is 36.2 Å². The van der Waals surface area contributed by atoms with Crippen molar-refractivity contribution in [2.45, 2.75) is 12.3 Å². The van der Waals surface area contributed by atoms with Crippen molar-refractivity contribution in [3.63, 3.8) is 0 Å². The average molecular weight is 374 g/mol. The smallest absolute Gasteiger partial charge is 0.265 e. The van der Waals surface area contributed by atoms with Crippen LogP contribution in [-0.2, 0) is 15.0 Å². The number of carbonyl (C=O) groups excluding carboxylic acids is 2. The van der Waals surface area contributed by atoms with Crippen LogP contribution in [0, 0.1) is 0 Å². The number of phenols is 2. The van der Waals surface area contributed by atoms with Crippen LogP contribution in [0.25, 0.3) is 0 Å². The number of phenolic OH excluding ortho intramolecular Hbond substituents is 2. The van der Waals surface area contributed by atoms with Crippen LogP contribution in [0.2, 0.25) is 0 Å². The van der Waals surface area contributed by atoms with Crippen molar-refractivity contribution in [3.05, 3.63) is 89.5 Å². The molecule has 1 aliphatic rings. The molecule has 0 aromatic heterocycles. The second kappa shape index (κ2) is 6.42. The highest BCUT2D eigenvalue weighted by molar-refractivity contribution is 6.13. The molecule has 0 spiro atoms. The molecule has 140 valence electrons. The van der Waals surface area contributed by atoms with Gasteiger partial charge in [0, 0.05) is 12.5 Å². The molecule has 0 fully saturated rings. The van der Waals surface area contributed by atoms with Gasteiger partial charge in [-0.1, -0.05) is 42.5 Å². The molecule has 3 N–H and O–H groups in total. The highest BCUT2D eigenvalue weighted by Gasteiger charge is 2.53. The van der Waals surface area contributed by atoms with Crippen LogP contribution in [0.1, 0.15) is 23.6 Å². The van der Waals surface area contributed by atoms with Crippen molar-refractivity contribution in [1.29, 1.82) is 0 Å². The fourth-order valence-electron chi connectivity index (χ4n) is 3.79. The molecule has 0 atom stereocenters. The molecular weight excluding hydrogens is 356 g/mol. The molecule has 1 heterocycles. The van der Waals surface area contributed by atoms with Gasteiger partial charge in [-0.15, -0.1) is 0 Å². The quantitative estimate of drug-likeness (QED) is 0.658. The predicted molar refractivity (Wildman–Crippen MR) is 104 cm³/mol. The zero-order valence-electron chi connectivity index (χ0n) is 15.1. The Balaban J connectivity index is 2.05. The highest BCUT2D eigenvalue weighted by atomic mass is 16.3. The lowest BCUT2D eigenvalue weighted by atomic mass is 9.70. The zero-order valence-corrected chi connectivity index (χ0v) is 15.1. The number of nitrogens with one attached hydrogen (secondary N) is 1. The van der Waals surface area contributed by atoms with E-state index in [-0.39, 0.29) is 23.3 Å². The summed E-state index contributed by atoms with van der Waals surface area (Å²) in [6, 6.07) is 20.1. The van der Waals surface area contributed by atoms with Crippen molar-refractivity contribution in [2.24, 2.45) is 0 Å². The number of aromatic hydroxyl groups is 2. The third-order valence-corrected chi connectivity index (χ3v) is 4.94. The van der Waals surface area contributed by atoms with E-state index in [9.17, 15) is 19.8 Å². The molecule has 6 heteroatoms. The molecule has 2 amide bonds. The maximum Gasteiger partial charge on any atom is 0.265 e. The number of anilines is 1. The Labute approximate surface area is 161 Å². The van der Waals surface area contributed by atoms with Gasteiger partial charge in [0.1, 0.15) is 16.9 Å². The number of hydrogen-bond donors (Lipinski definition) is 3. The van der Waals surface area contributed by atoms with E-state index in [2.05, 4.69) is 5.43 Å². The lowest BCUT2D eigenvalue weighted by Crippen LogP contribution is -2.49. The number of para-hydroxylation sites is 1. The van der Waals surface area contributed by atoms with E-state index >= 15 is 0 Å². The van der Waals surface area contributed by atoms with Crippen LogP contribution in [0.5, 0.6) is 11.5 Å². The maximum absolute atomic E-state index is 13.8. The first-order valence-electron chi connectivity index (χ1n) is 8.75. The van der Waals surface area contributed by atoms with Gasteiger partial charge in [0.25, 0.3) is 5.91 Å². The normalized spacial score (nSPS) is 14.6. The Morgan fingerprint density at radius 1 is 0.857 bits per heavy atom. The predicted octanol–water partition coefficient (Wildman–Crippen LogP) is 2.83. The fourth-order valence-corrected chi connectivity index (χ4v) is 3.79. The zero-order chi connectivity index (χ0) is 19.9. The SMILES string of the molecule is CC(=O)NN1C(=O)C(c2ccc(O)cc2)(c2ccc(O)cc2)c2ccccc21. The summed E-state index contributed by atoms with van der Waals surface area (Å²) in [6.07, 6.45) is 0. The first-order valence-corrected chi connectivity index (χ1v) is 8.75. The summed E-state index contributed by atoms with van der Waals surface area (Å²) < 4.78 is 0. The summed E-state index contributed by atoms with van der Waals surface area (Å²) in [5.41, 5.74) is 3.93. The molecular formula is C22H18N2O4. The monoisotopic (exact) mass is 374 g/mol. The minimum Gasteiger partial charge on any atom is -0.508 e. The van der Waals surface area contributed by atoms with Gasteiger partial charge in [-0.05, 0) is 41.5 Å². The Hall–Kier alpha value is -3.80. The van der Waals surface area contributed by atoms with E-state index in [0.717, 1.165) is 0 Å². The number of hydrogen-bond acceptors (Lipinski definition) is 4. The minimum absolute atomic E-state index is 0.0852. The van der Waals surface area contributed by atoms with Gasteiger partial charge in [-0.2, -0.15) is 0 Å². The summed E-state index contributed by atoms with van der Waals surface area (Å²) in [5, 5.41) is 20.7. The molecule has 0 aliphatic carbocycles. The lowest BCUT2D eigenvalue weighted by molar-refractivity contribution is -0.126. The maximum atomic E-state index is 13.8. The summed E-state index contributed by atoms with van der Waals surface area (Å²) in [5.74, 6) is -0.542. The largest absolute Gasteiger partial charge is 0.508 e. The van der Waals surface area contributed by atoms with E-state index < -0.39 is 5.41 Å². The van der Waals surface area contributed by atoms with Gasteiger partial charge >= 0.3 is 0 Å². The summed E-state index contributed by atoms with van der Waals surface area (Å²) >= 11 is 0. The van der Waals surface area contributed by atoms with Gasteiger partial charge in [0.2, 0.25) is 5.91 Å². The number of nitrogens with zero attached hydrogens (tertiary/aromatic N) is 1. The van der Waals surface area contributed by atoms with Crippen LogP contribution in [-0.4, -0.2) is 22.0 Å². The van der Waals surface area contributed by atoms with E-state index in [0.29, 0.717) is 22.4 Å². The number of carbonyl (C=O) groups is 2. The number of rotatable bonds is 3. The van der Waals surface area contributed by atoms with Gasteiger partial charge in [-0.25, -0.2) is 5.01 Å². The molecule has 1 aliphatic heterocycles. The number of amides is 2. The second-order valence-corrected chi connectivity index (χ2v) is 6.67. The topological polar surface area (TPSA) is 89.9 Å². The van der Waals surface area contributed by atoms with Crippen molar-refractivity contribution < 1.29 is 19.8 Å². The molecule has 0 saturated carbocycles. The summed E-state index contributed by atoms with van der Waals surface area (Å²) in [7, 11) is 0. The van der Waals surface area contributed by atoms with Crippen molar-refractivity contribution >= 4 is 17.5 Å². The van der Waals surface area contributed by atoms with Crippen molar-refractivity contribution in [3.8, 4) is 11.5 Å². The van der Waals surface area contributed by atoms with Crippen molar-refractivity contribution in [1.82, 2.24) is 5.43 Å². The fraction of sp³-hybridized carbons (Fsp3) is 0.0909. The Morgan fingerprint density at radius 3 is 1.86 bits per heavy atom. The minimum atomic E-state index is -1.24. The second-order valence-electron chi connectivity index (χ2n) is 6.67. The number of benzene rings is 3. The van der Waals surface area contributed by atoms with Gasteiger partial charge < -0.3 is 10.2 Å². The molecule has 3 aromatic rings. The van der Waals surface area contributed by atoms with Crippen LogP contribution < -0.4 is 10.4 Å². The Bertz CT molecular complexity index is 1010. The Kier molecular flexibility index (Phi) is 4.04. The summed E-state index contributed by atoms with van der Waals surface area (Å²) in [6.45, 7) is 1.34. The van der Waals surface area contributed by atoms with Crippen LogP contribution in [0.3, 0.4) is 0 Å². The third-order valence-electron chi connectivity index (χ3n) is 4.94. The van der Waals surface area contributed by atoms with Gasteiger partial charge in [-0.3, -0.25) is 15.0 Å². The molecule has 6 nitrogen and oxygen atoms in total. The van der Waals surface area contributed by atoms with Crippen molar-refractivity contribution in [2.75, 3.05) is 5.01 Å². The molecule has 3 aromatic carbocycles. The highest BCUT2D eigenvalue weighted by Crippen LogP contribution is 2.50. The standard InChI is InChI=1S/C22H18N2O4/c1-14(25)23-24-20-5-3-2-4-19(20)22(21(24)28,15-6-10-17(26)11-7-15)16-8-12-18(27)13-9-16/h2-13,26-27H,1H3,(H,23,25). The van der Waals surface area contributed by atoms with Crippen LogP contribution in [0.4, 0.5) is 5.69 Å². The third kappa shape index (κ3) is 2.50. The van der Waals surface area contributed by atoms with E-state index in [1.54, 1.807) is 36.4 Å². The molecule has 28 heavy (non-hydrogen) atoms. The summed E-state index contributed by atoms with van der Waals surface area (Å²) in [4.78, 5) is 25.5. The first-order chi connectivity index (χ1) is 13.4. The van der Waals surface area contributed by atoms with Gasteiger partial charge in [0.15, 0.2) is 0 Å². The van der Waals surface area contributed by atoms with E-state index in [1.807, 2.05) is 12.1 Å². The van der Waals surface area contributed by atoms with Crippen LogP contribution >= 0.6 is 0 Å². The molecule has 0 unspecified atom stereocenters. The molecule has 0 saturated heterocycles. The molecule has 0 radical (unpaired) electrons. The number of hydrazine groups is 1. The molecule has 0 bridgehead atoms. The average Bonchev–Trinajstić information content (AvgIpc) is 2.92. The Morgan fingerprint density at radius 2 is 1.36 bits per heavy atom. The lowest BCUT2D eigenvalue weighted by Gasteiger charge is -2.30. The van der Waals surface area contributed by atoms with Crippen LogP contribution in [0.15, 0.2) is 72.8 Å². The molecule has 4 rings (SSSR count).